The summed E-state index contributed by atoms with van der Waals surface area (Å²) in [6.07, 6.45) is 0.683. The van der Waals surface area contributed by atoms with E-state index < -0.39 is 0 Å². The maximum Gasteiger partial charge on any atom is 0.274 e. The second kappa shape index (κ2) is 7.91. The molecule has 1 fully saturated rings. The Hall–Kier alpha value is -3.45. The molecule has 1 aliphatic heterocycles. The van der Waals surface area contributed by atoms with Gasteiger partial charge in [0.25, 0.3) is 5.91 Å². The Bertz CT molecular complexity index is 1350. The van der Waals surface area contributed by atoms with Gasteiger partial charge in [-0.05, 0) is 49.6 Å². The number of rotatable bonds is 4. The minimum absolute atomic E-state index is 0.104. The number of thiazole rings is 1. The van der Waals surface area contributed by atoms with E-state index in [9.17, 15) is 4.79 Å². The van der Waals surface area contributed by atoms with Gasteiger partial charge >= 0.3 is 0 Å². The molecule has 0 radical (unpaired) electrons. The second-order valence-corrected chi connectivity index (χ2v) is 9.34. The first-order chi connectivity index (χ1) is 15.4. The molecule has 1 saturated heterocycles. The van der Waals surface area contributed by atoms with Gasteiger partial charge in [-0.15, -0.1) is 11.3 Å². The van der Waals surface area contributed by atoms with E-state index in [1.807, 2.05) is 48.2 Å². The number of fused-ring (bicyclic) bond motifs is 1. The van der Waals surface area contributed by atoms with Crippen LogP contribution in [0.25, 0.3) is 21.5 Å². The number of amides is 1. The second-order valence-electron chi connectivity index (χ2n) is 8.14. The third kappa shape index (κ3) is 3.48. The number of para-hydroxylation sites is 1. The zero-order valence-electron chi connectivity index (χ0n) is 18.3. The van der Waals surface area contributed by atoms with E-state index in [4.69, 9.17) is 9.72 Å². The van der Waals surface area contributed by atoms with Crippen LogP contribution in [0.4, 0.5) is 0 Å². The SMILES string of the molecule is C=C1CC(c2nc3cccc(C)c3[nH]2)N(C(=O)c2nc(C)sc2-c2cccc(OC)c2)C1. The molecule has 3 heterocycles. The summed E-state index contributed by atoms with van der Waals surface area (Å²) in [5, 5.41) is 0.847. The van der Waals surface area contributed by atoms with E-state index in [0.717, 1.165) is 49.2 Å². The van der Waals surface area contributed by atoms with Gasteiger partial charge in [0, 0.05) is 6.54 Å². The van der Waals surface area contributed by atoms with Crippen LogP contribution in [0.2, 0.25) is 0 Å². The molecule has 2 aromatic carbocycles. The molecule has 1 aliphatic rings. The zero-order valence-corrected chi connectivity index (χ0v) is 19.1. The molecule has 0 bridgehead atoms. The predicted molar refractivity (Wildman–Crippen MR) is 127 cm³/mol. The highest BCUT2D eigenvalue weighted by atomic mass is 32.1. The quantitative estimate of drug-likeness (QED) is 0.425. The minimum Gasteiger partial charge on any atom is -0.497 e. The summed E-state index contributed by atoms with van der Waals surface area (Å²) in [5.41, 5.74) is 5.45. The Morgan fingerprint density at radius 2 is 2.03 bits per heavy atom. The summed E-state index contributed by atoms with van der Waals surface area (Å²) in [6, 6.07) is 13.6. The molecule has 4 aromatic rings. The highest BCUT2D eigenvalue weighted by Crippen LogP contribution is 2.38. The number of carbonyl (C=O) groups is 1. The number of aromatic amines is 1. The van der Waals surface area contributed by atoms with E-state index >= 15 is 0 Å². The number of likely N-dealkylation sites (tertiary alicyclic amines) is 1. The van der Waals surface area contributed by atoms with Crippen molar-refractivity contribution in [2.75, 3.05) is 13.7 Å². The molecular formula is C25H24N4O2S. The fourth-order valence-corrected chi connectivity index (χ4v) is 5.18. The highest BCUT2D eigenvalue weighted by molar-refractivity contribution is 7.15. The first-order valence-electron chi connectivity index (χ1n) is 10.5. The van der Waals surface area contributed by atoms with Crippen molar-refractivity contribution in [3.63, 3.8) is 0 Å². The van der Waals surface area contributed by atoms with Crippen LogP contribution in [-0.2, 0) is 0 Å². The smallest absolute Gasteiger partial charge is 0.274 e. The van der Waals surface area contributed by atoms with Gasteiger partial charge in [-0.25, -0.2) is 9.97 Å². The molecule has 1 N–H and O–H groups in total. The van der Waals surface area contributed by atoms with Crippen molar-refractivity contribution in [2.24, 2.45) is 0 Å². The molecular weight excluding hydrogens is 420 g/mol. The summed E-state index contributed by atoms with van der Waals surface area (Å²) in [5.74, 6) is 1.43. The Labute approximate surface area is 190 Å². The summed E-state index contributed by atoms with van der Waals surface area (Å²) in [6.45, 7) is 8.64. The van der Waals surface area contributed by atoms with Crippen LogP contribution in [0.1, 0.15) is 39.3 Å². The standard InChI is InChI=1S/C25H24N4O2S/c1-14-11-20(24-27-19-10-5-7-15(2)21(19)28-24)29(13-14)25(30)22-23(32-16(3)26-22)17-8-6-9-18(12-17)31-4/h5-10,12,20H,1,11,13H2,2-4H3,(H,27,28). The number of hydrogen-bond acceptors (Lipinski definition) is 5. The van der Waals surface area contributed by atoms with E-state index in [0.29, 0.717) is 18.7 Å². The molecule has 6 nitrogen and oxygen atoms in total. The number of aryl methyl sites for hydroxylation is 2. The van der Waals surface area contributed by atoms with Gasteiger partial charge in [0.2, 0.25) is 0 Å². The lowest BCUT2D eigenvalue weighted by Crippen LogP contribution is -2.31. The minimum atomic E-state index is -0.193. The van der Waals surface area contributed by atoms with Crippen molar-refractivity contribution >= 4 is 28.3 Å². The maximum atomic E-state index is 13.8. The molecule has 0 spiro atoms. The van der Waals surface area contributed by atoms with Crippen molar-refractivity contribution in [1.29, 1.82) is 0 Å². The van der Waals surface area contributed by atoms with E-state index in [1.54, 1.807) is 7.11 Å². The van der Waals surface area contributed by atoms with Gasteiger partial charge in [0.05, 0.1) is 34.1 Å². The average molecular weight is 445 g/mol. The molecule has 1 unspecified atom stereocenters. The van der Waals surface area contributed by atoms with Crippen LogP contribution in [0.5, 0.6) is 5.75 Å². The Balaban J connectivity index is 1.54. The average Bonchev–Trinajstić information content (AvgIpc) is 3.50. The Kier molecular flexibility index (Phi) is 5.06. The lowest BCUT2D eigenvalue weighted by atomic mass is 10.1. The van der Waals surface area contributed by atoms with Crippen LogP contribution in [-0.4, -0.2) is 39.4 Å². The van der Waals surface area contributed by atoms with Crippen LogP contribution < -0.4 is 4.74 Å². The number of ether oxygens (including phenoxy) is 1. The molecule has 7 heteroatoms. The summed E-state index contributed by atoms with van der Waals surface area (Å²) in [4.78, 5) is 29.3. The number of nitrogens with one attached hydrogen (secondary N) is 1. The van der Waals surface area contributed by atoms with Crippen LogP contribution in [0.3, 0.4) is 0 Å². The summed E-state index contributed by atoms with van der Waals surface area (Å²) >= 11 is 1.52. The van der Waals surface area contributed by atoms with Gasteiger partial charge in [-0.2, -0.15) is 0 Å². The third-order valence-corrected chi connectivity index (χ3v) is 6.86. The van der Waals surface area contributed by atoms with Crippen molar-refractivity contribution in [3.05, 3.63) is 76.7 Å². The van der Waals surface area contributed by atoms with Crippen molar-refractivity contribution in [3.8, 4) is 16.2 Å². The predicted octanol–water partition coefficient (Wildman–Crippen LogP) is 5.46. The molecule has 0 saturated carbocycles. The number of carbonyl (C=O) groups excluding carboxylic acids is 1. The van der Waals surface area contributed by atoms with Crippen LogP contribution in [0, 0.1) is 13.8 Å². The first kappa shape index (κ1) is 20.5. The largest absolute Gasteiger partial charge is 0.497 e. The number of hydrogen-bond donors (Lipinski definition) is 1. The van der Waals surface area contributed by atoms with Gasteiger partial charge < -0.3 is 14.6 Å². The summed E-state index contributed by atoms with van der Waals surface area (Å²) < 4.78 is 5.38. The fourth-order valence-electron chi connectivity index (χ4n) is 4.28. The Morgan fingerprint density at radius 3 is 2.81 bits per heavy atom. The first-order valence-corrected chi connectivity index (χ1v) is 11.3. The lowest BCUT2D eigenvalue weighted by molar-refractivity contribution is 0.0728. The van der Waals surface area contributed by atoms with Gasteiger partial charge in [-0.1, -0.05) is 36.4 Å². The van der Waals surface area contributed by atoms with E-state index in [1.165, 1.54) is 11.3 Å². The van der Waals surface area contributed by atoms with Crippen LogP contribution in [0.15, 0.2) is 54.6 Å². The molecule has 2 aromatic heterocycles. The number of benzene rings is 2. The van der Waals surface area contributed by atoms with Gasteiger partial charge in [-0.3, -0.25) is 4.79 Å². The number of nitrogens with zero attached hydrogens (tertiary/aromatic N) is 3. The monoisotopic (exact) mass is 444 g/mol. The molecule has 0 aliphatic carbocycles. The van der Waals surface area contributed by atoms with Crippen LogP contribution >= 0.6 is 11.3 Å². The number of H-pyrrole nitrogens is 1. The highest BCUT2D eigenvalue weighted by Gasteiger charge is 2.36. The fraction of sp³-hybridized carbons (Fsp3) is 0.240. The molecule has 1 atom stereocenters. The number of imidazole rings is 1. The Morgan fingerprint density at radius 1 is 1.22 bits per heavy atom. The molecule has 1 amide bonds. The lowest BCUT2D eigenvalue weighted by Gasteiger charge is -2.22. The van der Waals surface area contributed by atoms with Gasteiger partial charge in [0.15, 0.2) is 0 Å². The third-order valence-electron chi connectivity index (χ3n) is 5.84. The zero-order chi connectivity index (χ0) is 22.4. The normalized spacial score (nSPS) is 16.2. The molecule has 162 valence electrons. The molecule has 32 heavy (non-hydrogen) atoms. The van der Waals surface area contributed by atoms with E-state index in [-0.39, 0.29) is 11.9 Å². The van der Waals surface area contributed by atoms with Crippen molar-refractivity contribution < 1.29 is 9.53 Å². The van der Waals surface area contributed by atoms with Crippen molar-refractivity contribution in [2.45, 2.75) is 26.3 Å². The number of aromatic nitrogens is 3. The van der Waals surface area contributed by atoms with Crippen molar-refractivity contribution in [1.82, 2.24) is 19.9 Å². The number of methoxy groups -OCH3 is 1. The summed E-state index contributed by atoms with van der Waals surface area (Å²) in [7, 11) is 1.64. The molecule has 5 rings (SSSR count). The van der Waals surface area contributed by atoms with Gasteiger partial charge in [0.1, 0.15) is 17.3 Å². The van der Waals surface area contributed by atoms with E-state index in [2.05, 4.69) is 29.5 Å². The maximum absolute atomic E-state index is 13.8. The topological polar surface area (TPSA) is 71.1 Å².